The highest BCUT2D eigenvalue weighted by Gasteiger charge is 2.41. The summed E-state index contributed by atoms with van der Waals surface area (Å²) < 4.78 is 52.6. The van der Waals surface area contributed by atoms with Crippen LogP contribution in [0.5, 0.6) is 0 Å². The summed E-state index contributed by atoms with van der Waals surface area (Å²) in [5, 5.41) is 13.1. The van der Waals surface area contributed by atoms with Gasteiger partial charge in [0.2, 0.25) is 15.9 Å². The van der Waals surface area contributed by atoms with Crippen LogP contribution >= 0.6 is 0 Å². The molecule has 1 saturated carbocycles. The van der Waals surface area contributed by atoms with Crippen molar-refractivity contribution in [2.45, 2.75) is 81.4 Å². The van der Waals surface area contributed by atoms with Crippen LogP contribution in [0, 0.1) is 5.92 Å². The number of amides is 1. The predicted molar refractivity (Wildman–Crippen MR) is 121 cm³/mol. The van der Waals surface area contributed by atoms with Crippen LogP contribution in [0.4, 0.5) is 20.3 Å². The lowest BCUT2D eigenvalue weighted by molar-refractivity contribution is -0.118. The molecule has 1 aliphatic carbocycles. The molecule has 1 aliphatic heterocycles. The van der Waals surface area contributed by atoms with Crippen molar-refractivity contribution in [3.63, 3.8) is 0 Å². The second-order valence-corrected chi connectivity index (χ2v) is 11.1. The lowest BCUT2D eigenvalue weighted by atomic mass is 9.84. The van der Waals surface area contributed by atoms with Gasteiger partial charge in [-0.3, -0.25) is 4.79 Å². The second kappa shape index (κ2) is 10.2. The summed E-state index contributed by atoms with van der Waals surface area (Å²) >= 11 is 0. The molecule has 2 atom stereocenters. The number of pyridine rings is 1. The Morgan fingerprint density at radius 1 is 1.30 bits per heavy atom. The topological polar surface area (TPSA) is 138 Å². The van der Waals surface area contributed by atoms with Crippen molar-refractivity contribution in [3.05, 3.63) is 12.3 Å². The first-order valence-corrected chi connectivity index (χ1v) is 12.7. The van der Waals surface area contributed by atoms with E-state index in [1.807, 2.05) is 4.72 Å². The minimum atomic E-state index is -4.31. The molecular formula is C21H33F2N5O4S. The zero-order chi connectivity index (χ0) is 24.4. The summed E-state index contributed by atoms with van der Waals surface area (Å²) in [6.45, 7) is 2.64. The highest BCUT2D eigenvalue weighted by atomic mass is 32.2. The van der Waals surface area contributed by atoms with Gasteiger partial charge in [-0.1, -0.05) is 19.3 Å². The Morgan fingerprint density at radius 3 is 2.52 bits per heavy atom. The minimum Gasteiger partial charge on any atom is -0.388 e. The van der Waals surface area contributed by atoms with Gasteiger partial charge in [0.1, 0.15) is 10.7 Å². The Bertz CT molecular complexity index is 948. The first-order chi connectivity index (χ1) is 15.4. The van der Waals surface area contributed by atoms with Crippen molar-refractivity contribution in [2.24, 2.45) is 11.7 Å². The first-order valence-electron chi connectivity index (χ1n) is 11.2. The number of hydrogen-bond donors (Lipinski definition) is 4. The fourth-order valence-corrected chi connectivity index (χ4v) is 5.65. The highest BCUT2D eigenvalue weighted by Crippen LogP contribution is 2.37. The first kappa shape index (κ1) is 25.7. The summed E-state index contributed by atoms with van der Waals surface area (Å²) in [7, 11) is -4.31. The summed E-state index contributed by atoms with van der Waals surface area (Å²) in [6, 6.07) is 0.289. The lowest BCUT2D eigenvalue weighted by Gasteiger charge is -2.49. The van der Waals surface area contributed by atoms with Gasteiger partial charge in [0.05, 0.1) is 36.1 Å². The SMILES string of the molecule is CC(C)(O)[C@H]1CCN1c1cc(NC(=O)[C@@H](N)C2CCCCC2)ncc1S(=O)(=O)NCC(F)F. The van der Waals surface area contributed by atoms with Crippen LogP contribution in [-0.2, 0) is 14.8 Å². The fraction of sp³-hybridized carbons (Fsp3) is 0.714. The van der Waals surface area contributed by atoms with E-state index in [-0.39, 0.29) is 22.3 Å². The number of hydrogen-bond acceptors (Lipinski definition) is 7. The number of nitrogens with zero attached hydrogens (tertiary/aromatic N) is 2. The summed E-state index contributed by atoms with van der Waals surface area (Å²) in [4.78, 5) is 18.1. The Morgan fingerprint density at radius 2 is 1.97 bits per heavy atom. The number of alkyl halides is 2. The van der Waals surface area contributed by atoms with Crippen molar-refractivity contribution < 1.29 is 27.1 Å². The molecule has 33 heavy (non-hydrogen) atoms. The van der Waals surface area contributed by atoms with Crippen molar-refractivity contribution >= 4 is 27.4 Å². The smallest absolute Gasteiger partial charge is 0.251 e. The van der Waals surface area contributed by atoms with E-state index in [4.69, 9.17) is 5.73 Å². The molecule has 0 bridgehead atoms. The molecule has 1 amide bonds. The Balaban J connectivity index is 1.88. The van der Waals surface area contributed by atoms with Crippen LogP contribution in [0.15, 0.2) is 17.2 Å². The Hall–Kier alpha value is -1.89. The highest BCUT2D eigenvalue weighted by molar-refractivity contribution is 7.89. The van der Waals surface area contributed by atoms with Gasteiger partial charge in [-0.05, 0) is 39.0 Å². The maximum absolute atomic E-state index is 12.7. The molecule has 0 aromatic carbocycles. The number of nitrogens with one attached hydrogen (secondary N) is 2. The molecule has 0 radical (unpaired) electrons. The van der Waals surface area contributed by atoms with Gasteiger partial charge in [-0.2, -0.15) is 0 Å². The van der Waals surface area contributed by atoms with E-state index in [1.165, 1.54) is 6.07 Å². The minimum absolute atomic E-state index is 0.0753. The van der Waals surface area contributed by atoms with Crippen LogP contribution < -0.4 is 20.7 Å². The van der Waals surface area contributed by atoms with E-state index in [1.54, 1.807) is 18.7 Å². The molecule has 1 aromatic heterocycles. The third-order valence-corrected chi connectivity index (χ3v) is 7.86. The number of carbonyl (C=O) groups is 1. The van der Waals surface area contributed by atoms with Gasteiger partial charge in [0, 0.05) is 12.6 Å². The Labute approximate surface area is 193 Å². The summed E-state index contributed by atoms with van der Waals surface area (Å²) in [5.74, 6) is -0.226. The summed E-state index contributed by atoms with van der Waals surface area (Å²) in [5.41, 5.74) is 5.20. The van der Waals surface area contributed by atoms with E-state index in [0.717, 1.165) is 38.3 Å². The maximum Gasteiger partial charge on any atom is 0.251 e. The van der Waals surface area contributed by atoms with Crippen molar-refractivity contribution in [2.75, 3.05) is 23.3 Å². The standard InChI is InChI=1S/C21H33F2N5O4S/c1-21(2,30)16-8-9-28(16)14-10-18(25-11-15(14)33(31,32)26-12-17(22)23)27-20(29)19(24)13-6-4-3-5-7-13/h10-11,13,16-17,19,26,30H,3-9,12,24H2,1-2H3,(H,25,27,29)/t16-,19+/m1/s1. The monoisotopic (exact) mass is 489 g/mol. The van der Waals surface area contributed by atoms with Gasteiger partial charge >= 0.3 is 0 Å². The normalized spacial score (nSPS) is 21.1. The number of rotatable bonds is 9. The second-order valence-electron chi connectivity index (χ2n) is 9.34. The van der Waals surface area contributed by atoms with Gasteiger partial charge < -0.3 is 21.1 Å². The van der Waals surface area contributed by atoms with E-state index < -0.39 is 46.6 Å². The Kier molecular flexibility index (Phi) is 7.92. The lowest BCUT2D eigenvalue weighted by Crippen LogP contribution is -2.59. The van der Waals surface area contributed by atoms with Crippen LogP contribution in [0.2, 0.25) is 0 Å². The zero-order valence-electron chi connectivity index (χ0n) is 18.9. The van der Waals surface area contributed by atoms with Crippen molar-refractivity contribution in [1.82, 2.24) is 9.71 Å². The average molecular weight is 490 g/mol. The molecule has 2 fully saturated rings. The molecule has 1 aromatic rings. The van der Waals surface area contributed by atoms with Crippen LogP contribution in [0.1, 0.15) is 52.4 Å². The van der Waals surface area contributed by atoms with E-state index in [0.29, 0.717) is 13.0 Å². The average Bonchev–Trinajstić information content (AvgIpc) is 2.70. The quantitative estimate of drug-likeness (QED) is 0.415. The zero-order valence-corrected chi connectivity index (χ0v) is 19.7. The molecule has 5 N–H and O–H groups in total. The number of halogens is 2. The van der Waals surface area contributed by atoms with Crippen molar-refractivity contribution in [3.8, 4) is 0 Å². The predicted octanol–water partition coefficient (Wildman–Crippen LogP) is 1.82. The molecular weight excluding hydrogens is 456 g/mol. The van der Waals surface area contributed by atoms with Crippen LogP contribution in [0.25, 0.3) is 0 Å². The van der Waals surface area contributed by atoms with Crippen LogP contribution in [0.3, 0.4) is 0 Å². The molecule has 0 spiro atoms. The van der Waals surface area contributed by atoms with Gasteiger partial charge in [-0.25, -0.2) is 26.9 Å². The van der Waals surface area contributed by atoms with Crippen LogP contribution in [-0.4, -0.2) is 61.6 Å². The molecule has 0 unspecified atom stereocenters. The summed E-state index contributed by atoms with van der Waals surface area (Å²) in [6.07, 6.45) is 3.73. The molecule has 2 aliphatic rings. The fourth-order valence-electron chi connectivity index (χ4n) is 4.51. The molecule has 186 valence electrons. The van der Waals surface area contributed by atoms with E-state index in [2.05, 4.69) is 10.3 Å². The third kappa shape index (κ3) is 6.17. The molecule has 3 rings (SSSR count). The van der Waals surface area contributed by atoms with Crippen molar-refractivity contribution in [1.29, 1.82) is 0 Å². The van der Waals surface area contributed by atoms with Gasteiger partial charge in [-0.15, -0.1) is 0 Å². The number of aromatic nitrogens is 1. The molecule has 9 nitrogen and oxygen atoms in total. The van der Waals surface area contributed by atoms with Gasteiger partial charge in [0.15, 0.2) is 0 Å². The largest absolute Gasteiger partial charge is 0.388 e. The molecule has 1 saturated heterocycles. The van der Waals surface area contributed by atoms with Gasteiger partial charge in [0.25, 0.3) is 6.43 Å². The third-order valence-electron chi connectivity index (χ3n) is 6.42. The maximum atomic E-state index is 12.7. The number of sulfonamides is 1. The number of nitrogens with two attached hydrogens (primary N) is 1. The van der Waals surface area contributed by atoms with E-state index >= 15 is 0 Å². The number of carbonyl (C=O) groups excluding carboxylic acids is 1. The number of aliphatic hydroxyl groups is 1. The number of anilines is 2. The molecule has 2 heterocycles. The van der Waals surface area contributed by atoms with E-state index in [9.17, 15) is 27.1 Å². The molecule has 12 heteroatoms.